The molecule has 1 aliphatic rings. The third-order valence-corrected chi connectivity index (χ3v) is 1.82. The molecule has 0 aromatic heterocycles. The second-order valence-corrected chi connectivity index (χ2v) is 2.90. The van der Waals surface area contributed by atoms with Gasteiger partial charge in [-0.25, -0.2) is 0 Å². The summed E-state index contributed by atoms with van der Waals surface area (Å²) in [6.45, 7) is 4.57. The van der Waals surface area contributed by atoms with Crippen molar-refractivity contribution < 1.29 is 14.2 Å². The van der Waals surface area contributed by atoms with Gasteiger partial charge in [0.2, 0.25) is 0 Å². The number of rotatable bonds is 0. The third kappa shape index (κ3) is 5.52. The van der Waals surface area contributed by atoms with Crippen LogP contribution in [0.25, 0.3) is 0 Å². The highest BCUT2D eigenvalue weighted by molar-refractivity contribution is 4.42. The van der Waals surface area contributed by atoms with Crippen LogP contribution in [0, 0.1) is 0 Å². The van der Waals surface area contributed by atoms with Crippen molar-refractivity contribution in [2.75, 3.05) is 39.6 Å². The predicted molar refractivity (Wildman–Crippen MR) is 46.3 cm³/mol. The second kappa shape index (κ2) is 7.53. The normalized spacial score (nSPS) is 24.0. The van der Waals surface area contributed by atoms with Gasteiger partial charge in [-0.3, -0.25) is 0 Å². The van der Waals surface area contributed by atoms with Crippen molar-refractivity contribution in [1.82, 2.24) is 0 Å². The summed E-state index contributed by atoms with van der Waals surface area (Å²) in [7, 11) is 0. The smallest absolute Gasteiger partial charge is 0.0701 e. The van der Waals surface area contributed by atoms with Crippen LogP contribution in [0.4, 0.5) is 0 Å². The van der Waals surface area contributed by atoms with E-state index in [2.05, 4.69) is 0 Å². The maximum absolute atomic E-state index is 5.34. The molecule has 1 saturated heterocycles. The summed E-state index contributed by atoms with van der Waals surface area (Å²) in [6, 6.07) is 0. The van der Waals surface area contributed by atoms with Gasteiger partial charge in [-0.15, -0.1) is 0 Å². The monoisotopic (exact) mass is 174 g/mol. The lowest BCUT2D eigenvalue weighted by molar-refractivity contribution is 0.00711. The molecule has 1 aliphatic heterocycles. The Morgan fingerprint density at radius 2 is 0.833 bits per heavy atom. The van der Waals surface area contributed by atoms with Gasteiger partial charge in [0.25, 0.3) is 0 Å². The molecule has 0 spiro atoms. The van der Waals surface area contributed by atoms with E-state index in [0.717, 1.165) is 39.3 Å². The molecule has 72 valence electrons. The highest BCUT2D eigenvalue weighted by atomic mass is 16.5. The molecule has 0 aromatic carbocycles. The zero-order valence-electron chi connectivity index (χ0n) is 7.59. The summed E-state index contributed by atoms with van der Waals surface area (Å²) in [5.41, 5.74) is 0. The van der Waals surface area contributed by atoms with E-state index in [-0.39, 0.29) is 0 Å². The van der Waals surface area contributed by atoms with E-state index in [4.69, 9.17) is 14.2 Å². The van der Waals surface area contributed by atoms with Crippen LogP contribution in [0.3, 0.4) is 0 Å². The molecule has 0 aromatic rings. The van der Waals surface area contributed by atoms with Gasteiger partial charge < -0.3 is 14.2 Å². The first-order chi connectivity index (χ1) is 6.00. The Bertz CT molecular complexity index is 52.8. The average Bonchev–Trinajstić information content (AvgIpc) is 2.05. The Labute approximate surface area is 74.0 Å². The first-order valence-corrected chi connectivity index (χ1v) is 4.73. The minimum Gasteiger partial charge on any atom is -0.379 e. The minimum absolute atomic E-state index is 0.698. The lowest BCUT2D eigenvalue weighted by atomic mass is 10.2. The van der Waals surface area contributed by atoms with E-state index in [1.807, 2.05) is 0 Å². The molecule has 0 N–H and O–H groups in total. The molecule has 0 bridgehead atoms. The van der Waals surface area contributed by atoms with Crippen molar-refractivity contribution in [3.63, 3.8) is 0 Å². The zero-order valence-corrected chi connectivity index (χ0v) is 7.59. The van der Waals surface area contributed by atoms with Gasteiger partial charge in [-0.1, -0.05) is 0 Å². The Morgan fingerprint density at radius 3 is 1.33 bits per heavy atom. The van der Waals surface area contributed by atoms with Gasteiger partial charge in [0, 0.05) is 13.2 Å². The summed E-state index contributed by atoms with van der Waals surface area (Å²) < 4.78 is 15.9. The fourth-order valence-electron chi connectivity index (χ4n) is 1.13. The van der Waals surface area contributed by atoms with Crippen LogP contribution >= 0.6 is 0 Å². The zero-order chi connectivity index (χ0) is 8.49. The molecule has 0 atom stereocenters. The molecular weight excluding hydrogens is 156 g/mol. The van der Waals surface area contributed by atoms with Crippen LogP contribution in [-0.2, 0) is 14.2 Å². The number of ether oxygens (including phenoxy) is 3. The maximum atomic E-state index is 5.34. The summed E-state index contributed by atoms with van der Waals surface area (Å²) in [6.07, 6.45) is 3.49. The molecule has 12 heavy (non-hydrogen) atoms. The third-order valence-electron chi connectivity index (χ3n) is 1.82. The van der Waals surface area contributed by atoms with Crippen molar-refractivity contribution in [1.29, 1.82) is 0 Å². The van der Waals surface area contributed by atoms with Crippen LogP contribution in [0.2, 0.25) is 0 Å². The minimum atomic E-state index is 0.698. The lowest BCUT2D eigenvalue weighted by Gasteiger charge is -2.09. The van der Waals surface area contributed by atoms with Crippen molar-refractivity contribution in [2.45, 2.75) is 19.3 Å². The Kier molecular flexibility index (Phi) is 6.25. The topological polar surface area (TPSA) is 27.7 Å². The number of hydrogen-bond acceptors (Lipinski definition) is 3. The van der Waals surface area contributed by atoms with E-state index in [1.54, 1.807) is 0 Å². The maximum Gasteiger partial charge on any atom is 0.0701 e. The van der Waals surface area contributed by atoms with E-state index in [0.29, 0.717) is 13.2 Å². The van der Waals surface area contributed by atoms with Gasteiger partial charge in [0.05, 0.1) is 26.4 Å². The first-order valence-electron chi connectivity index (χ1n) is 4.73. The standard InChI is InChI=1S/C9H18O3/c1-2-4-10-6-8-12-9-7-11-5-3-1/h1-9H2. The summed E-state index contributed by atoms with van der Waals surface area (Å²) in [5.74, 6) is 0. The van der Waals surface area contributed by atoms with Crippen molar-refractivity contribution in [3.05, 3.63) is 0 Å². The second-order valence-electron chi connectivity index (χ2n) is 2.90. The quantitative estimate of drug-likeness (QED) is 0.552. The van der Waals surface area contributed by atoms with Crippen LogP contribution < -0.4 is 0 Å². The van der Waals surface area contributed by atoms with Crippen molar-refractivity contribution in [2.24, 2.45) is 0 Å². The van der Waals surface area contributed by atoms with Gasteiger partial charge in [-0.05, 0) is 19.3 Å². The number of hydrogen-bond donors (Lipinski definition) is 0. The molecule has 0 radical (unpaired) electrons. The van der Waals surface area contributed by atoms with Gasteiger partial charge >= 0.3 is 0 Å². The first kappa shape index (κ1) is 9.96. The Hall–Kier alpha value is -0.120. The lowest BCUT2D eigenvalue weighted by Crippen LogP contribution is -2.11. The average molecular weight is 174 g/mol. The molecule has 0 unspecified atom stereocenters. The fourth-order valence-corrected chi connectivity index (χ4v) is 1.13. The molecule has 1 fully saturated rings. The highest BCUT2D eigenvalue weighted by Gasteiger charge is 1.95. The van der Waals surface area contributed by atoms with Crippen LogP contribution in [0.5, 0.6) is 0 Å². The van der Waals surface area contributed by atoms with Gasteiger partial charge in [0.1, 0.15) is 0 Å². The molecule has 0 saturated carbocycles. The Morgan fingerprint density at radius 1 is 0.417 bits per heavy atom. The van der Waals surface area contributed by atoms with Crippen LogP contribution in [-0.4, -0.2) is 39.6 Å². The molecular formula is C9H18O3. The van der Waals surface area contributed by atoms with E-state index in [9.17, 15) is 0 Å². The van der Waals surface area contributed by atoms with Crippen LogP contribution in [0.15, 0.2) is 0 Å². The summed E-state index contributed by atoms with van der Waals surface area (Å²) >= 11 is 0. The van der Waals surface area contributed by atoms with Crippen LogP contribution in [0.1, 0.15) is 19.3 Å². The van der Waals surface area contributed by atoms with E-state index < -0.39 is 0 Å². The molecule has 1 heterocycles. The molecule has 1 rings (SSSR count). The molecule has 0 amide bonds. The van der Waals surface area contributed by atoms with E-state index >= 15 is 0 Å². The Balaban J connectivity index is 2.00. The fraction of sp³-hybridized carbons (Fsp3) is 1.00. The highest BCUT2D eigenvalue weighted by Crippen LogP contribution is 1.97. The predicted octanol–water partition coefficient (Wildman–Crippen LogP) is 1.22. The van der Waals surface area contributed by atoms with Crippen molar-refractivity contribution in [3.8, 4) is 0 Å². The molecule has 3 heteroatoms. The van der Waals surface area contributed by atoms with Crippen molar-refractivity contribution >= 4 is 0 Å². The van der Waals surface area contributed by atoms with Gasteiger partial charge in [-0.2, -0.15) is 0 Å². The largest absolute Gasteiger partial charge is 0.379 e. The SMILES string of the molecule is C1CCOCCOCCOCC1. The van der Waals surface area contributed by atoms with E-state index in [1.165, 1.54) is 6.42 Å². The summed E-state index contributed by atoms with van der Waals surface area (Å²) in [4.78, 5) is 0. The van der Waals surface area contributed by atoms with Gasteiger partial charge in [0.15, 0.2) is 0 Å². The summed E-state index contributed by atoms with van der Waals surface area (Å²) in [5, 5.41) is 0. The molecule has 0 aliphatic carbocycles. The molecule has 3 nitrogen and oxygen atoms in total.